The van der Waals surface area contributed by atoms with E-state index in [2.05, 4.69) is 0 Å². The Morgan fingerprint density at radius 1 is 1.09 bits per heavy atom. The van der Waals surface area contributed by atoms with Crippen molar-refractivity contribution in [3.8, 4) is 0 Å². The molecule has 0 fully saturated rings. The lowest BCUT2D eigenvalue weighted by molar-refractivity contribution is -0.00286. The zero-order valence-corrected chi connectivity index (χ0v) is 5.18. The van der Waals surface area contributed by atoms with Crippen molar-refractivity contribution in [2.24, 2.45) is 0 Å². The van der Waals surface area contributed by atoms with E-state index in [-0.39, 0.29) is 0 Å². The average molecular weight is 178 g/mol. The minimum absolute atomic E-state index is 1.55. The molecule has 0 saturated carbocycles. The molecule has 0 aromatic heterocycles. The quantitative estimate of drug-likeness (QED) is 0.582. The third-order valence-electron chi connectivity index (χ3n) is 0.896. The maximum Gasteiger partial charge on any atom is 0.307 e. The lowest BCUT2D eigenvalue weighted by Crippen LogP contribution is -2.18. The first-order chi connectivity index (χ1) is 4.91. The van der Waals surface area contributed by atoms with E-state index in [0.717, 1.165) is 0 Å². The number of rotatable bonds is 3. The van der Waals surface area contributed by atoms with Gasteiger partial charge in [0.2, 0.25) is 5.83 Å². The fourth-order valence-electron chi connectivity index (χ4n) is 0.367. The van der Waals surface area contributed by atoms with Crippen LogP contribution in [0.4, 0.5) is 26.3 Å². The summed E-state index contributed by atoms with van der Waals surface area (Å²) in [5, 5.41) is 0. The summed E-state index contributed by atoms with van der Waals surface area (Å²) in [6.07, 6.45) is -4.67. The predicted molar refractivity (Wildman–Crippen MR) is 25.9 cm³/mol. The van der Waals surface area contributed by atoms with Crippen molar-refractivity contribution in [2.75, 3.05) is 6.67 Å². The zero-order valence-electron chi connectivity index (χ0n) is 5.18. The molecule has 0 heterocycles. The van der Waals surface area contributed by atoms with Gasteiger partial charge in [0, 0.05) is 6.42 Å². The van der Waals surface area contributed by atoms with Crippen LogP contribution in [-0.4, -0.2) is 12.6 Å². The third kappa shape index (κ3) is 2.81. The van der Waals surface area contributed by atoms with Crippen molar-refractivity contribution in [1.29, 1.82) is 0 Å². The Morgan fingerprint density at radius 2 is 1.55 bits per heavy atom. The highest BCUT2D eigenvalue weighted by molar-refractivity contribution is 5.04. The second kappa shape index (κ2) is 3.64. The molecule has 0 aliphatic heterocycles. The molecular weight excluding hydrogens is 174 g/mol. The second-order valence-corrected chi connectivity index (χ2v) is 1.72. The Bertz CT molecular complexity index is 156. The maximum absolute atomic E-state index is 11.9. The van der Waals surface area contributed by atoms with Gasteiger partial charge in [-0.05, 0) is 0 Å². The Morgan fingerprint density at radius 3 is 1.82 bits per heavy atom. The van der Waals surface area contributed by atoms with Crippen LogP contribution in [0.2, 0.25) is 0 Å². The third-order valence-corrected chi connectivity index (χ3v) is 0.896. The Kier molecular flexibility index (Phi) is 3.41. The van der Waals surface area contributed by atoms with E-state index in [1.807, 2.05) is 0 Å². The molecule has 11 heavy (non-hydrogen) atoms. The molecule has 0 radical (unpaired) electrons. The van der Waals surface area contributed by atoms with Crippen LogP contribution in [0.1, 0.15) is 6.42 Å². The first-order valence-electron chi connectivity index (χ1n) is 2.57. The zero-order chi connectivity index (χ0) is 9.07. The van der Waals surface area contributed by atoms with Gasteiger partial charge in [-0.1, -0.05) is 0 Å². The highest BCUT2D eigenvalue weighted by Crippen LogP contribution is 2.32. The largest absolute Gasteiger partial charge is 0.307 e. The second-order valence-electron chi connectivity index (χ2n) is 1.72. The average Bonchev–Trinajstić information content (AvgIpc) is 1.86. The molecule has 0 aromatic carbocycles. The van der Waals surface area contributed by atoms with Gasteiger partial charge < -0.3 is 0 Å². The SMILES string of the molecule is FCCC(F)(F)C(F)=C(F)F. The van der Waals surface area contributed by atoms with Gasteiger partial charge in [-0.25, -0.2) is 0 Å². The highest BCUT2D eigenvalue weighted by Gasteiger charge is 2.38. The summed E-state index contributed by atoms with van der Waals surface area (Å²) in [6, 6.07) is 0. The summed E-state index contributed by atoms with van der Waals surface area (Å²) in [6.45, 7) is -1.55. The summed E-state index contributed by atoms with van der Waals surface area (Å²) in [4.78, 5) is 0. The maximum atomic E-state index is 11.9. The first kappa shape index (κ1) is 10.3. The molecule has 0 rings (SSSR count). The number of alkyl halides is 3. The lowest BCUT2D eigenvalue weighted by Gasteiger charge is -2.09. The van der Waals surface area contributed by atoms with E-state index in [9.17, 15) is 26.3 Å². The number of allylic oxidation sites excluding steroid dienone is 1. The van der Waals surface area contributed by atoms with Gasteiger partial charge in [0.1, 0.15) is 0 Å². The van der Waals surface area contributed by atoms with Crippen molar-refractivity contribution in [1.82, 2.24) is 0 Å². The smallest absolute Gasteiger partial charge is 0.251 e. The standard InChI is InChI=1S/C5H4F6/c6-2-1-5(10,11)3(7)4(8)9/h1-2H2. The van der Waals surface area contributed by atoms with Crippen LogP contribution in [-0.2, 0) is 0 Å². The van der Waals surface area contributed by atoms with E-state index in [1.54, 1.807) is 0 Å². The lowest BCUT2D eigenvalue weighted by atomic mass is 10.2. The van der Waals surface area contributed by atoms with E-state index in [0.29, 0.717) is 0 Å². The van der Waals surface area contributed by atoms with Gasteiger partial charge >= 0.3 is 12.0 Å². The van der Waals surface area contributed by atoms with Crippen LogP contribution >= 0.6 is 0 Å². The minimum atomic E-state index is -4.38. The van der Waals surface area contributed by atoms with E-state index in [1.165, 1.54) is 0 Å². The normalized spacial score (nSPS) is 11.5. The van der Waals surface area contributed by atoms with Gasteiger partial charge in [-0.3, -0.25) is 4.39 Å². The van der Waals surface area contributed by atoms with Crippen LogP contribution in [0.5, 0.6) is 0 Å². The predicted octanol–water partition coefficient (Wildman–Crippen LogP) is 3.06. The number of hydrogen-bond donors (Lipinski definition) is 0. The van der Waals surface area contributed by atoms with E-state index >= 15 is 0 Å². The fraction of sp³-hybridized carbons (Fsp3) is 0.600. The van der Waals surface area contributed by atoms with Crippen LogP contribution < -0.4 is 0 Å². The van der Waals surface area contributed by atoms with E-state index in [4.69, 9.17) is 0 Å². The molecule has 0 bridgehead atoms. The molecule has 0 aliphatic carbocycles. The van der Waals surface area contributed by atoms with Crippen LogP contribution in [0.3, 0.4) is 0 Å². The first-order valence-corrected chi connectivity index (χ1v) is 2.57. The molecule has 0 atom stereocenters. The Labute approximate surface area is 58.5 Å². The van der Waals surface area contributed by atoms with Crippen LogP contribution in [0, 0.1) is 0 Å². The molecular formula is C5H4F6. The van der Waals surface area contributed by atoms with Crippen molar-refractivity contribution >= 4 is 0 Å². The molecule has 0 aromatic rings. The van der Waals surface area contributed by atoms with Crippen molar-refractivity contribution < 1.29 is 26.3 Å². The topological polar surface area (TPSA) is 0 Å². The number of halogens is 6. The molecule has 0 saturated heterocycles. The minimum Gasteiger partial charge on any atom is -0.251 e. The van der Waals surface area contributed by atoms with Crippen LogP contribution in [0.25, 0.3) is 0 Å². The van der Waals surface area contributed by atoms with Crippen molar-refractivity contribution in [2.45, 2.75) is 12.3 Å². The highest BCUT2D eigenvalue weighted by atomic mass is 19.3. The summed E-state index contributed by atoms with van der Waals surface area (Å²) in [5.74, 6) is -7.23. The summed E-state index contributed by atoms with van der Waals surface area (Å²) in [7, 11) is 0. The van der Waals surface area contributed by atoms with Gasteiger partial charge in [-0.15, -0.1) is 0 Å². The molecule has 0 nitrogen and oxygen atoms in total. The number of hydrogen-bond acceptors (Lipinski definition) is 0. The molecule has 0 unspecified atom stereocenters. The summed E-state index contributed by atoms with van der Waals surface area (Å²) >= 11 is 0. The monoisotopic (exact) mass is 178 g/mol. The van der Waals surface area contributed by atoms with Crippen molar-refractivity contribution in [3.63, 3.8) is 0 Å². The molecule has 0 N–H and O–H groups in total. The van der Waals surface area contributed by atoms with Crippen molar-refractivity contribution in [3.05, 3.63) is 11.9 Å². The van der Waals surface area contributed by atoms with Gasteiger partial charge in [0.25, 0.3) is 0 Å². The fourth-order valence-corrected chi connectivity index (χ4v) is 0.367. The molecule has 6 heteroatoms. The Hall–Kier alpha value is -0.680. The van der Waals surface area contributed by atoms with Gasteiger partial charge in [0.05, 0.1) is 6.67 Å². The van der Waals surface area contributed by atoms with E-state index < -0.39 is 30.9 Å². The molecule has 66 valence electrons. The van der Waals surface area contributed by atoms with Gasteiger partial charge in [-0.2, -0.15) is 22.0 Å². The molecule has 0 aliphatic rings. The molecule has 0 amide bonds. The van der Waals surface area contributed by atoms with Gasteiger partial charge in [0.15, 0.2) is 0 Å². The molecule has 0 spiro atoms. The Balaban J connectivity index is 4.42. The summed E-state index contributed by atoms with van der Waals surface area (Å²) < 4.78 is 69.0. The summed E-state index contributed by atoms with van der Waals surface area (Å²) in [5.41, 5.74) is 0. The van der Waals surface area contributed by atoms with Crippen LogP contribution in [0.15, 0.2) is 11.9 Å².